The normalized spacial score (nSPS) is 21.1. The van der Waals surface area contributed by atoms with Gasteiger partial charge in [0.1, 0.15) is 6.61 Å². The van der Waals surface area contributed by atoms with Crippen LogP contribution in [0.5, 0.6) is 0 Å². The van der Waals surface area contributed by atoms with Crippen molar-refractivity contribution < 1.29 is 19.4 Å². The molecule has 134 valence electrons. The maximum atomic E-state index is 12.2. The van der Waals surface area contributed by atoms with Gasteiger partial charge in [0.2, 0.25) is 0 Å². The Bertz CT molecular complexity index is 802. The van der Waals surface area contributed by atoms with Gasteiger partial charge < -0.3 is 20.0 Å². The standard InChI is InChI=1S/C21H21NO4/c23-20(24)13-9-10-14(11-13)22-21(25)26-12-19-17-7-3-1-5-15(17)16-6-2-4-8-18(16)19/h1-8,13-14,19H,9-12H2,(H,22,25)(H,23,24)/p-1/t13-,14-/m0/s1. The van der Waals surface area contributed by atoms with Gasteiger partial charge in [0.15, 0.2) is 0 Å². The highest BCUT2D eigenvalue weighted by molar-refractivity contribution is 5.79. The molecule has 0 heterocycles. The van der Waals surface area contributed by atoms with Crippen molar-refractivity contribution in [2.45, 2.75) is 31.2 Å². The van der Waals surface area contributed by atoms with Crippen molar-refractivity contribution in [1.82, 2.24) is 5.32 Å². The van der Waals surface area contributed by atoms with E-state index in [9.17, 15) is 14.7 Å². The molecule has 0 spiro atoms. The summed E-state index contributed by atoms with van der Waals surface area (Å²) in [7, 11) is 0. The number of ether oxygens (including phenoxy) is 1. The van der Waals surface area contributed by atoms with E-state index in [0.29, 0.717) is 19.3 Å². The van der Waals surface area contributed by atoms with Crippen LogP contribution >= 0.6 is 0 Å². The van der Waals surface area contributed by atoms with Crippen molar-refractivity contribution in [2.24, 2.45) is 5.92 Å². The zero-order valence-corrected chi connectivity index (χ0v) is 14.3. The number of benzene rings is 2. The first-order chi connectivity index (χ1) is 12.6. The molecule has 0 radical (unpaired) electrons. The molecular weight excluding hydrogens is 330 g/mol. The molecular formula is C21H20NO4-. The second-order valence-corrected chi connectivity index (χ2v) is 7.00. The number of carbonyl (C=O) groups is 2. The molecule has 0 saturated heterocycles. The molecule has 5 heteroatoms. The van der Waals surface area contributed by atoms with E-state index in [4.69, 9.17) is 4.74 Å². The Hall–Kier alpha value is -2.82. The van der Waals surface area contributed by atoms with E-state index >= 15 is 0 Å². The Balaban J connectivity index is 1.41. The highest BCUT2D eigenvalue weighted by atomic mass is 16.5. The largest absolute Gasteiger partial charge is 0.550 e. The van der Waals surface area contributed by atoms with Crippen LogP contribution in [-0.2, 0) is 9.53 Å². The van der Waals surface area contributed by atoms with E-state index in [1.54, 1.807) is 0 Å². The van der Waals surface area contributed by atoms with Crippen LogP contribution in [0, 0.1) is 5.92 Å². The van der Waals surface area contributed by atoms with E-state index < -0.39 is 18.0 Å². The van der Waals surface area contributed by atoms with Crippen LogP contribution in [0.15, 0.2) is 48.5 Å². The van der Waals surface area contributed by atoms with Gasteiger partial charge >= 0.3 is 6.09 Å². The quantitative estimate of drug-likeness (QED) is 0.919. The van der Waals surface area contributed by atoms with Crippen LogP contribution in [0.25, 0.3) is 11.1 Å². The van der Waals surface area contributed by atoms with E-state index in [1.165, 1.54) is 22.3 Å². The second kappa shape index (κ2) is 6.83. The number of rotatable bonds is 4. The third-order valence-electron chi connectivity index (χ3n) is 5.43. The van der Waals surface area contributed by atoms with Gasteiger partial charge in [-0.05, 0) is 41.5 Å². The number of carbonyl (C=O) groups excluding carboxylic acids is 2. The predicted octanol–water partition coefficient (Wildman–Crippen LogP) is 2.44. The zero-order valence-electron chi connectivity index (χ0n) is 14.3. The highest BCUT2D eigenvalue weighted by Crippen LogP contribution is 2.44. The minimum absolute atomic E-state index is 0.0210. The SMILES string of the molecule is O=C(N[C@H]1CC[C@H](C(=O)[O-])C1)OCC1c2ccccc2-c2ccccc21. The molecule has 2 atom stereocenters. The Kier molecular flexibility index (Phi) is 4.37. The van der Waals surface area contributed by atoms with Crippen LogP contribution in [-0.4, -0.2) is 24.7 Å². The van der Waals surface area contributed by atoms with E-state index in [0.717, 1.165) is 0 Å². The van der Waals surface area contributed by atoms with Gasteiger partial charge in [-0.1, -0.05) is 48.5 Å². The van der Waals surface area contributed by atoms with Crippen molar-refractivity contribution in [3.8, 4) is 11.1 Å². The van der Waals surface area contributed by atoms with Crippen molar-refractivity contribution in [2.75, 3.05) is 6.61 Å². The number of hydrogen-bond acceptors (Lipinski definition) is 4. The minimum atomic E-state index is -1.04. The topological polar surface area (TPSA) is 78.5 Å². The summed E-state index contributed by atoms with van der Waals surface area (Å²) in [5.41, 5.74) is 4.70. The third-order valence-corrected chi connectivity index (χ3v) is 5.43. The fourth-order valence-electron chi connectivity index (χ4n) is 4.13. The lowest BCUT2D eigenvalue weighted by atomic mass is 9.98. The van der Waals surface area contributed by atoms with Gasteiger partial charge in [0, 0.05) is 23.8 Å². The summed E-state index contributed by atoms with van der Waals surface area (Å²) in [6.07, 6.45) is 1.10. The van der Waals surface area contributed by atoms with Crippen LogP contribution < -0.4 is 10.4 Å². The number of fused-ring (bicyclic) bond motifs is 3. The monoisotopic (exact) mass is 350 g/mol. The molecule has 2 aliphatic rings. The van der Waals surface area contributed by atoms with E-state index in [2.05, 4.69) is 29.6 Å². The molecule has 0 unspecified atom stereocenters. The summed E-state index contributed by atoms with van der Waals surface area (Å²) in [5.74, 6) is -1.50. The van der Waals surface area contributed by atoms with Gasteiger partial charge in [-0.25, -0.2) is 4.79 Å². The smallest absolute Gasteiger partial charge is 0.407 e. The average Bonchev–Trinajstić information content (AvgIpc) is 3.23. The lowest BCUT2D eigenvalue weighted by molar-refractivity contribution is -0.311. The maximum absolute atomic E-state index is 12.2. The van der Waals surface area contributed by atoms with Gasteiger partial charge in [-0.3, -0.25) is 0 Å². The third kappa shape index (κ3) is 3.05. The van der Waals surface area contributed by atoms with E-state index in [-0.39, 0.29) is 18.6 Å². The van der Waals surface area contributed by atoms with Crippen LogP contribution in [0.1, 0.15) is 36.3 Å². The van der Waals surface area contributed by atoms with Crippen LogP contribution in [0.2, 0.25) is 0 Å². The highest BCUT2D eigenvalue weighted by Gasteiger charge is 2.30. The molecule has 1 fully saturated rings. The lowest BCUT2D eigenvalue weighted by Gasteiger charge is -2.17. The molecule has 5 nitrogen and oxygen atoms in total. The maximum Gasteiger partial charge on any atom is 0.407 e. The molecule has 4 rings (SSSR count). The number of carboxylic acid groups (broad SMARTS) is 1. The Morgan fingerprint density at radius 2 is 1.62 bits per heavy atom. The molecule has 2 aromatic carbocycles. The zero-order chi connectivity index (χ0) is 18.1. The summed E-state index contributed by atoms with van der Waals surface area (Å²) in [5, 5.41) is 13.7. The number of aliphatic carboxylic acids is 1. The van der Waals surface area contributed by atoms with Gasteiger partial charge in [-0.15, -0.1) is 0 Å². The van der Waals surface area contributed by atoms with E-state index in [1.807, 2.05) is 24.3 Å². The fraction of sp³-hybridized carbons (Fsp3) is 0.333. The summed E-state index contributed by atoms with van der Waals surface area (Å²) in [6.45, 7) is 0.260. The molecule has 26 heavy (non-hydrogen) atoms. The number of nitrogens with one attached hydrogen (secondary N) is 1. The number of alkyl carbamates (subject to hydrolysis) is 1. The molecule has 1 amide bonds. The van der Waals surface area contributed by atoms with Gasteiger partial charge in [0.05, 0.1) is 0 Å². The first-order valence-corrected chi connectivity index (χ1v) is 8.96. The molecule has 1 saturated carbocycles. The first kappa shape index (κ1) is 16.6. The summed E-state index contributed by atoms with van der Waals surface area (Å²) >= 11 is 0. The minimum Gasteiger partial charge on any atom is -0.550 e. The van der Waals surface area contributed by atoms with Crippen LogP contribution in [0.3, 0.4) is 0 Å². The molecule has 2 aromatic rings. The summed E-state index contributed by atoms with van der Waals surface area (Å²) in [6, 6.07) is 16.2. The Labute approximate surface area is 152 Å². The number of amides is 1. The predicted molar refractivity (Wildman–Crippen MR) is 94.3 cm³/mol. The summed E-state index contributed by atoms with van der Waals surface area (Å²) < 4.78 is 5.48. The number of hydrogen-bond donors (Lipinski definition) is 1. The fourth-order valence-corrected chi connectivity index (χ4v) is 4.13. The first-order valence-electron chi connectivity index (χ1n) is 8.96. The van der Waals surface area contributed by atoms with Crippen LogP contribution in [0.4, 0.5) is 4.79 Å². The number of carboxylic acids is 1. The molecule has 0 bridgehead atoms. The molecule has 0 aromatic heterocycles. The van der Waals surface area contributed by atoms with Crippen molar-refractivity contribution in [1.29, 1.82) is 0 Å². The Morgan fingerprint density at radius 3 is 2.19 bits per heavy atom. The molecule has 1 N–H and O–H groups in total. The molecule has 2 aliphatic carbocycles. The van der Waals surface area contributed by atoms with Gasteiger partial charge in [0.25, 0.3) is 0 Å². The Morgan fingerprint density at radius 1 is 1.00 bits per heavy atom. The second-order valence-electron chi connectivity index (χ2n) is 7.00. The van der Waals surface area contributed by atoms with Crippen molar-refractivity contribution in [3.05, 3.63) is 59.7 Å². The lowest BCUT2D eigenvalue weighted by Crippen LogP contribution is -2.36. The van der Waals surface area contributed by atoms with Crippen molar-refractivity contribution in [3.63, 3.8) is 0 Å². The summed E-state index contributed by atoms with van der Waals surface area (Å²) in [4.78, 5) is 23.1. The van der Waals surface area contributed by atoms with Crippen molar-refractivity contribution >= 4 is 12.1 Å². The van der Waals surface area contributed by atoms with Gasteiger partial charge in [-0.2, -0.15) is 0 Å². The molecule has 0 aliphatic heterocycles. The average molecular weight is 350 g/mol.